The zero-order valence-corrected chi connectivity index (χ0v) is 8.23. The van der Waals surface area contributed by atoms with Gasteiger partial charge in [-0.05, 0) is 32.4 Å². The van der Waals surface area contributed by atoms with Gasteiger partial charge in [-0.15, -0.1) is 5.73 Å². The molecule has 64 valence electrons. The molecular formula is C10H19N. The largest absolute Gasteiger partial charge is 0.327 e. The first-order valence-electron chi connectivity index (χ1n) is 4.03. The molecule has 1 heteroatoms. The molecule has 0 aliphatic rings. The average molecular weight is 153 g/mol. The lowest BCUT2D eigenvalue weighted by Crippen LogP contribution is -2.32. The van der Waals surface area contributed by atoms with E-state index in [1.165, 1.54) is 5.57 Å². The van der Waals surface area contributed by atoms with Crippen LogP contribution in [0.25, 0.3) is 0 Å². The van der Waals surface area contributed by atoms with Gasteiger partial charge in [0, 0.05) is 11.5 Å². The smallest absolute Gasteiger partial charge is 0.0103 e. The van der Waals surface area contributed by atoms with Crippen molar-refractivity contribution >= 4 is 0 Å². The zero-order valence-electron chi connectivity index (χ0n) is 8.23. The maximum atomic E-state index is 5.78. The van der Waals surface area contributed by atoms with Gasteiger partial charge >= 0.3 is 0 Å². The third-order valence-electron chi connectivity index (χ3n) is 1.91. The molecule has 0 bridgehead atoms. The Morgan fingerprint density at radius 3 is 2.18 bits per heavy atom. The lowest BCUT2D eigenvalue weighted by Gasteiger charge is -2.23. The normalized spacial score (nSPS) is 13.6. The van der Waals surface area contributed by atoms with Crippen LogP contribution in [0.2, 0.25) is 0 Å². The third kappa shape index (κ3) is 4.02. The highest BCUT2D eigenvalue weighted by atomic mass is 14.6. The highest BCUT2D eigenvalue weighted by molar-refractivity contribution is 5.02. The van der Waals surface area contributed by atoms with Gasteiger partial charge in [-0.1, -0.05) is 13.8 Å². The summed E-state index contributed by atoms with van der Waals surface area (Å²) in [7, 11) is 0. The Hall–Kier alpha value is -0.520. The van der Waals surface area contributed by atoms with Crippen molar-refractivity contribution in [2.45, 2.75) is 40.7 Å². The Morgan fingerprint density at radius 1 is 1.45 bits per heavy atom. The van der Waals surface area contributed by atoms with Crippen LogP contribution in [0.4, 0.5) is 0 Å². The molecule has 0 fully saturated rings. The summed E-state index contributed by atoms with van der Waals surface area (Å²) in [4.78, 5) is 0. The van der Waals surface area contributed by atoms with Crippen molar-refractivity contribution in [2.24, 2.45) is 11.1 Å². The molecule has 0 aliphatic carbocycles. The average Bonchev–Trinajstić information content (AvgIpc) is 1.84. The van der Waals surface area contributed by atoms with Gasteiger partial charge in [0.25, 0.3) is 0 Å². The van der Waals surface area contributed by atoms with E-state index in [2.05, 4.69) is 19.6 Å². The van der Waals surface area contributed by atoms with Gasteiger partial charge in [-0.3, -0.25) is 0 Å². The van der Waals surface area contributed by atoms with Gasteiger partial charge in [0.1, 0.15) is 0 Å². The standard InChI is InChI=1S/C10H19N/c1-8(2)6-7-10(4,5)9(3)11/h7,9H,11H2,1-5H3. The first kappa shape index (κ1) is 10.5. The van der Waals surface area contributed by atoms with Gasteiger partial charge in [0.05, 0.1) is 0 Å². The molecule has 0 amide bonds. The molecule has 1 nitrogen and oxygen atoms in total. The molecule has 0 aromatic heterocycles. The quantitative estimate of drug-likeness (QED) is 0.606. The molecule has 0 aromatic carbocycles. The molecule has 0 saturated heterocycles. The fourth-order valence-electron chi connectivity index (χ4n) is 0.462. The molecule has 1 unspecified atom stereocenters. The summed E-state index contributed by atoms with van der Waals surface area (Å²) in [5.41, 5.74) is 10.2. The van der Waals surface area contributed by atoms with E-state index in [4.69, 9.17) is 5.73 Å². The van der Waals surface area contributed by atoms with Crippen LogP contribution in [-0.2, 0) is 0 Å². The Bertz CT molecular complexity index is 177. The molecule has 0 aromatic rings. The third-order valence-corrected chi connectivity index (χ3v) is 1.91. The summed E-state index contributed by atoms with van der Waals surface area (Å²) in [5, 5.41) is 0. The Kier molecular flexibility index (Phi) is 3.57. The van der Waals surface area contributed by atoms with Crippen LogP contribution in [0, 0.1) is 5.41 Å². The summed E-state index contributed by atoms with van der Waals surface area (Å²) < 4.78 is 0. The zero-order chi connectivity index (χ0) is 9.07. The summed E-state index contributed by atoms with van der Waals surface area (Å²) in [6, 6.07) is 0.175. The fourth-order valence-corrected chi connectivity index (χ4v) is 0.462. The van der Waals surface area contributed by atoms with Crippen molar-refractivity contribution in [3.05, 3.63) is 17.4 Å². The van der Waals surface area contributed by atoms with Gasteiger partial charge in [0.15, 0.2) is 0 Å². The molecule has 0 heterocycles. The first-order valence-corrected chi connectivity index (χ1v) is 4.03. The van der Waals surface area contributed by atoms with Crippen LogP contribution in [0.15, 0.2) is 17.4 Å². The van der Waals surface area contributed by atoms with Gasteiger partial charge in [0.2, 0.25) is 0 Å². The van der Waals surface area contributed by atoms with Crippen molar-refractivity contribution in [1.82, 2.24) is 0 Å². The second-order valence-electron chi connectivity index (χ2n) is 3.90. The lowest BCUT2D eigenvalue weighted by atomic mass is 9.86. The van der Waals surface area contributed by atoms with E-state index in [0.717, 1.165) is 0 Å². The van der Waals surface area contributed by atoms with E-state index in [9.17, 15) is 0 Å². The fraction of sp³-hybridized carbons (Fsp3) is 0.700. The molecule has 0 spiro atoms. The van der Waals surface area contributed by atoms with Crippen LogP contribution in [-0.4, -0.2) is 6.04 Å². The van der Waals surface area contributed by atoms with Crippen molar-refractivity contribution < 1.29 is 0 Å². The minimum absolute atomic E-state index is 0.0528. The number of nitrogens with two attached hydrogens (primary N) is 1. The summed E-state index contributed by atoms with van der Waals surface area (Å²) in [6.45, 7) is 10.3. The van der Waals surface area contributed by atoms with E-state index in [1.54, 1.807) is 0 Å². The molecular weight excluding hydrogens is 134 g/mol. The Morgan fingerprint density at radius 2 is 1.91 bits per heavy atom. The minimum Gasteiger partial charge on any atom is -0.327 e. The second-order valence-corrected chi connectivity index (χ2v) is 3.90. The summed E-state index contributed by atoms with van der Waals surface area (Å²) in [6.07, 6.45) is 2.05. The van der Waals surface area contributed by atoms with Crippen molar-refractivity contribution in [1.29, 1.82) is 0 Å². The van der Waals surface area contributed by atoms with Crippen LogP contribution in [0.5, 0.6) is 0 Å². The predicted octanol–water partition coefficient (Wildman–Crippen LogP) is 2.48. The van der Waals surface area contributed by atoms with Gasteiger partial charge in [-0.25, -0.2) is 0 Å². The molecule has 1 atom stereocenters. The van der Waals surface area contributed by atoms with Gasteiger partial charge in [-0.2, -0.15) is 0 Å². The maximum absolute atomic E-state index is 5.78. The highest BCUT2D eigenvalue weighted by Gasteiger charge is 2.18. The number of hydrogen-bond acceptors (Lipinski definition) is 1. The SMILES string of the molecule is CC(C)=C=CC(C)(C)C(C)N. The predicted molar refractivity (Wildman–Crippen MR) is 50.4 cm³/mol. The van der Waals surface area contributed by atoms with Crippen molar-refractivity contribution in [2.75, 3.05) is 0 Å². The monoisotopic (exact) mass is 153 g/mol. The van der Waals surface area contributed by atoms with Gasteiger partial charge < -0.3 is 5.73 Å². The van der Waals surface area contributed by atoms with E-state index in [-0.39, 0.29) is 11.5 Å². The highest BCUT2D eigenvalue weighted by Crippen LogP contribution is 2.19. The molecule has 0 rings (SSSR count). The topological polar surface area (TPSA) is 26.0 Å². The van der Waals surface area contributed by atoms with Crippen LogP contribution >= 0.6 is 0 Å². The van der Waals surface area contributed by atoms with Crippen molar-refractivity contribution in [3.8, 4) is 0 Å². The molecule has 0 saturated carbocycles. The van der Waals surface area contributed by atoms with E-state index >= 15 is 0 Å². The van der Waals surface area contributed by atoms with Crippen LogP contribution < -0.4 is 5.73 Å². The molecule has 2 N–H and O–H groups in total. The Balaban J connectivity index is 4.48. The Labute approximate surface area is 70.0 Å². The number of rotatable bonds is 2. The summed E-state index contributed by atoms with van der Waals surface area (Å²) >= 11 is 0. The first-order chi connectivity index (χ1) is 4.86. The summed E-state index contributed by atoms with van der Waals surface area (Å²) in [5.74, 6) is 0. The molecule has 11 heavy (non-hydrogen) atoms. The lowest BCUT2D eigenvalue weighted by molar-refractivity contribution is 0.394. The number of hydrogen-bond donors (Lipinski definition) is 1. The van der Waals surface area contributed by atoms with E-state index in [1.807, 2.05) is 26.8 Å². The van der Waals surface area contributed by atoms with E-state index in [0.29, 0.717) is 0 Å². The maximum Gasteiger partial charge on any atom is 0.0103 e. The molecule has 0 radical (unpaired) electrons. The van der Waals surface area contributed by atoms with E-state index < -0.39 is 0 Å². The van der Waals surface area contributed by atoms with Crippen molar-refractivity contribution in [3.63, 3.8) is 0 Å². The van der Waals surface area contributed by atoms with Crippen LogP contribution in [0.1, 0.15) is 34.6 Å². The second kappa shape index (κ2) is 3.75. The molecule has 0 aliphatic heterocycles. The van der Waals surface area contributed by atoms with Crippen LogP contribution in [0.3, 0.4) is 0 Å². The minimum atomic E-state index is 0.0528.